The largest absolute Gasteiger partial charge is 0.326 e. The number of fused-ring (bicyclic) bond motifs is 2. The number of nitrogens with one attached hydrogen (secondary N) is 1. The van der Waals surface area contributed by atoms with Crippen molar-refractivity contribution in [2.45, 2.75) is 63.5 Å². The first kappa shape index (κ1) is 12.9. The Balaban J connectivity index is 1.56. The molecular formula is C15H23N3O. The smallest absolute Gasteiger partial charge is 0.237 e. The zero-order valence-corrected chi connectivity index (χ0v) is 11.7. The highest BCUT2D eigenvalue weighted by Crippen LogP contribution is 2.55. The molecule has 3 fully saturated rings. The van der Waals surface area contributed by atoms with Crippen molar-refractivity contribution in [1.29, 1.82) is 5.26 Å². The van der Waals surface area contributed by atoms with Crippen LogP contribution in [0.25, 0.3) is 0 Å². The predicted molar refractivity (Wildman–Crippen MR) is 72.3 cm³/mol. The Morgan fingerprint density at radius 2 is 2.16 bits per heavy atom. The highest BCUT2D eigenvalue weighted by Gasteiger charge is 2.51. The molecule has 0 aromatic carbocycles. The lowest BCUT2D eigenvalue weighted by molar-refractivity contribution is -0.130. The van der Waals surface area contributed by atoms with Gasteiger partial charge in [0.25, 0.3) is 0 Å². The standard InChI is InChI=1S/C15H23N3O/c1-14-4-6-15(11-14,7-5-14)17-10-13(19)18-8-2-3-12(18)9-16/h12,17H,2-8,10-11H2,1H3. The van der Waals surface area contributed by atoms with Crippen LogP contribution in [0.5, 0.6) is 0 Å². The molecule has 2 saturated carbocycles. The van der Waals surface area contributed by atoms with Gasteiger partial charge < -0.3 is 10.2 Å². The average Bonchev–Trinajstić information content (AvgIpc) is 3.07. The minimum atomic E-state index is -0.191. The molecule has 4 heteroatoms. The van der Waals surface area contributed by atoms with E-state index >= 15 is 0 Å². The third-order valence-corrected chi connectivity index (χ3v) is 5.52. The highest BCUT2D eigenvalue weighted by atomic mass is 16.2. The molecule has 3 aliphatic rings. The summed E-state index contributed by atoms with van der Waals surface area (Å²) in [4.78, 5) is 14.0. The second-order valence-corrected chi connectivity index (χ2v) is 7.00. The third kappa shape index (κ3) is 2.25. The van der Waals surface area contributed by atoms with E-state index < -0.39 is 0 Å². The van der Waals surface area contributed by atoms with Crippen LogP contribution in [0.3, 0.4) is 0 Å². The Hall–Kier alpha value is -1.08. The molecule has 3 rings (SSSR count). The molecule has 19 heavy (non-hydrogen) atoms. The van der Waals surface area contributed by atoms with Crippen molar-refractivity contribution in [3.05, 3.63) is 0 Å². The Kier molecular flexibility index (Phi) is 3.05. The van der Waals surface area contributed by atoms with E-state index in [2.05, 4.69) is 18.3 Å². The molecule has 1 unspecified atom stereocenters. The zero-order valence-electron chi connectivity index (χ0n) is 11.7. The van der Waals surface area contributed by atoms with Crippen molar-refractivity contribution in [3.8, 4) is 6.07 Å². The average molecular weight is 261 g/mol. The van der Waals surface area contributed by atoms with Crippen LogP contribution in [0, 0.1) is 16.7 Å². The fourth-order valence-electron chi connectivity index (χ4n) is 4.31. The van der Waals surface area contributed by atoms with Gasteiger partial charge in [-0.1, -0.05) is 6.92 Å². The number of hydrogen-bond donors (Lipinski definition) is 1. The van der Waals surface area contributed by atoms with Gasteiger partial charge in [-0.3, -0.25) is 4.79 Å². The number of hydrogen-bond acceptors (Lipinski definition) is 3. The number of carbonyl (C=O) groups excluding carboxylic acids is 1. The van der Waals surface area contributed by atoms with Gasteiger partial charge in [-0.05, 0) is 50.4 Å². The van der Waals surface area contributed by atoms with Crippen LogP contribution >= 0.6 is 0 Å². The summed E-state index contributed by atoms with van der Waals surface area (Å²) in [5.41, 5.74) is 0.727. The topological polar surface area (TPSA) is 56.1 Å². The van der Waals surface area contributed by atoms with Crippen LogP contribution in [-0.2, 0) is 4.79 Å². The molecule has 1 saturated heterocycles. The second kappa shape index (κ2) is 4.49. The van der Waals surface area contributed by atoms with Gasteiger partial charge in [0.05, 0.1) is 12.6 Å². The van der Waals surface area contributed by atoms with E-state index in [1.54, 1.807) is 4.90 Å². The predicted octanol–water partition coefficient (Wildman–Crippen LogP) is 1.81. The van der Waals surface area contributed by atoms with E-state index in [9.17, 15) is 4.79 Å². The SMILES string of the molecule is CC12CCC(NCC(=O)N3CCCC3C#N)(CC1)C2. The summed E-state index contributed by atoms with van der Waals surface area (Å²) in [7, 11) is 0. The quantitative estimate of drug-likeness (QED) is 0.843. The summed E-state index contributed by atoms with van der Waals surface area (Å²) in [6, 6.07) is 2.05. The second-order valence-electron chi connectivity index (χ2n) is 7.00. The van der Waals surface area contributed by atoms with Gasteiger partial charge in [0.15, 0.2) is 0 Å². The maximum atomic E-state index is 12.2. The molecule has 1 aliphatic heterocycles. The number of carbonyl (C=O) groups is 1. The Labute approximate surface area is 115 Å². The van der Waals surface area contributed by atoms with Gasteiger partial charge in [-0.25, -0.2) is 0 Å². The first-order valence-electron chi connectivity index (χ1n) is 7.50. The molecule has 1 amide bonds. The van der Waals surface area contributed by atoms with Crippen LogP contribution in [-0.4, -0.2) is 35.5 Å². The molecule has 104 valence electrons. The lowest BCUT2D eigenvalue weighted by atomic mass is 9.86. The molecule has 4 nitrogen and oxygen atoms in total. The van der Waals surface area contributed by atoms with Crippen molar-refractivity contribution in [1.82, 2.24) is 10.2 Å². The molecule has 0 spiro atoms. The summed E-state index contributed by atoms with van der Waals surface area (Å²) in [6.45, 7) is 3.54. The van der Waals surface area contributed by atoms with Crippen LogP contribution in [0.1, 0.15) is 51.9 Å². The van der Waals surface area contributed by atoms with Gasteiger partial charge in [-0.2, -0.15) is 5.26 Å². The Bertz CT molecular complexity index is 418. The van der Waals surface area contributed by atoms with Crippen LogP contribution < -0.4 is 5.32 Å². The van der Waals surface area contributed by atoms with Crippen molar-refractivity contribution in [3.63, 3.8) is 0 Å². The van der Waals surface area contributed by atoms with E-state index in [4.69, 9.17) is 5.26 Å². The van der Waals surface area contributed by atoms with E-state index in [0.29, 0.717) is 12.0 Å². The molecule has 1 atom stereocenters. The molecular weight excluding hydrogens is 238 g/mol. The van der Waals surface area contributed by atoms with Gasteiger partial charge in [0, 0.05) is 12.1 Å². The lowest BCUT2D eigenvalue weighted by Gasteiger charge is -2.29. The Morgan fingerprint density at radius 3 is 2.74 bits per heavy atom. The number of nitrogens with zero attached hydrogens (tertiary/aromatic N) is 2. The van der Waals surface area contributed by atoms with E-state index in [-0.39, 0.29) is 17.5 Å². The van der Waals surface area contributed by atoms with Crippen molar-refractivity contribution in [2.75, 3.05) is 13.1 Å². The van der Waals surface area contributed by atoms with Gasteiger partial charge in [-0.15, -0.1) is 0 Å². The van der Waals surface area contributed by atoms with E-state index in [1.807, 2.05) is 0 Å². The van der Waals surface area contributed by atoms with E-state index in [1.165, 1.54) is 32.1 Å². The monoisotopic (exact) mass is 261 g/mol. The maximum absolute atomic E-state index is 12.2. The normalized spacial score (nSPS) is 40.6. The molecule has 1 N–H and O–H groups in total. The van der Waals surface area contributed by atoms with Crippen molar-refractivity contribution >= 4 is 5.91 Å². The lowest BCUT2D eigenvalue weighted by Crippen LogP contribution is -2.48. The van der Waals surface area contributed by atoms with Crippen molar-refractivity contribution in [2.24, 2.45) is 5.41 Å². The molecule has 0 aromatic heterocycles. The zero-order chi connectivity index (χ0) is 13.5. The maximum Gasteiger partial charge on any atom is 0.237 e. The number of likely N-dealkylation sites (tertiary alicyclic amines) is 1. The highest BCUT2D eigenvalue weighted by molar-refractivity contribution is 5.79. The fraction of sp³-hybridized carbons (Fsp3) is 0.867. The summed E-state index contributed by atoms with van der Waals surface area (Å²) in [5, 5.41) is 12.6. The van der Waals surface area contributed by atoms with Crippen molar-refractivity contribution < 1.29 is 4.79 Å². The summed E-state index contributed by atoms with van der Waals surface area (Å²) in [6.07, 6.45) is 8.02. The third-order valence-electron chi connectivity index (χ3n) is 5.52. The number of rotatable bonds is 3. The van der Waals surface area contributed by atoms with Gasteiger partial charge in [0.1, 0.15) is 6.04 Å². The number of amides is 1. The first-order chi connectivity index (χ1) is 9.06. The summed E-state index contributed by atoms with van der Waals surface area (Å²) in [5.74, 6) is 0.110. The molecule has 0 aromatic rings. The molecule has 2 bridgehead atoms. The summed E-state index contributed by atoms with van der Waals surface area (Å²) >= 11 is 0. The molecule has 2 aliphatic carbocycles. The summed E-state index contributed by atoms with van der Waals surface area (Å²) < 4.78 is 0. The first-order valence-corrected chi connectivity index (χ1v) is 7.50. The number of nitriles is 1. The van der Waals surface area contributed by atoms with Crippen LogP contribution in [0.4, 0.5) is 0 Å². The van der Waals surface area contributed by atoms with Crippen LogP contribution in [0.15, 0.2) is 0 Å². The Morgan fingerprint density at radius 1 is 1.42 bits per heavy atom. The fourth-order valence-corrected chi connectivity index (χ4v) is 4.31. The van der Waals surface area contributed by atoms with E-state index in [0.717, 1.165) is 19.4 Å². The molecule has 1 heterocycles. The van der Waals surface area contributed by atoms with Crippen LogP contribution in [0.2, 0.25) is 0 Å². The minimum absolute atomic E-state index is 0.110. The van der Waals surface area contributed by atoms with Gasteiger partial charge >= 0.3 is 0 Å². The van der Waals surface area contributed by atoms with Gasteiger partial charge in [0.2, 0.25) is 5.91 Å². The minimum Gasteiger partial charge on any atom is -0.326 e. The molecule has 0 radical (unpaired) electrons.